The minimum Gasteiger partial charge on any atom is -0.293 e. The van der Waals surface area contributed by atoms with Crippen LogP contribution in [-0.2, 0) is 6.54 Å². The van der Waals surface area contributed by atoms with Crippen LogP contribution in [0.25, 0.3) is 10.1 Å². The Morgan fingerprint density at radius 2 is 2.05 bits per heavy atom. The zero-order valence-corrected chi connectivity index (χ0v) is 13.1. The number of hydrogen-bond donors (Lipinski definition) is 0. The highest BCUT2D eigenvalue weighted by Gasteiger charge is 2.21. The molecule has 0 unspecified atom stereocenters. The minimum absolute atomic E-state index is 0.0521. The molecule has 0 saturated heterocycles. The summed E-state index contributed by atoms with van der Waals surface area (Å²) in [6.07, 6.45) is 0. The molecule has 0 spiro atoms. The monoisotopic (exact) mass is 299 g/mol. The van der Waals surface area contributed by atoms with Gasteiger partial charge in [-0.3, -0.25) is 4.90 Å². The van der Waals surface area contributed by atoms with Gasteiger partial charge < -0.3 is 0 Å². The van der Waals surface area contributed by atoms with Crippen LogP contribution in [0.2, 0.25) is 0 Å². The fourth-order valence-electron chi connectivity index (χ4n) is 2.14. The predicted octanol–water partition coefficient (Wildman–Crippen LogP) is 4.88. The van der Waals surface area contributed by atoms with Crippen molar-refractivity contribution in [3.63, 3.8) is 0 Å². The maximum absolute atomic E-state index is 13.4. The molecule has 0 bridgehead atoms. The Hall–Kier alpha value is -0.640. The van der Waals surface area contributed by atoms with Crippen molar-refractivity contribution in [1.82, 2.24) is 4.90 Å². The number of benzene rings is 1. The van der Waals surface area contributed by atoms with Crippen molar-refractivity contribution in [3.8, 4) is 0 Å². The number of rotatable bonds is 4. The molecule has 1 aromatic heterocycles. The molecular weight excluding hydrogens is 281 g/mol. The molecule has 0 atom stereocenters. The van der Waals surface area contributed by atoms with Gasteiger partial charge in [0.05, 0.1) is 0 Å². The SMILES string of the molecule is CC(C)(C)N(CCCl)Cc1csc2ccc(F)cc12. The molecule has 4 heteroatoms. The smallest absolute Gasteiger partial charge is 0.123 e. The van der Waals surface area contributed by atoms with Crippen LogP contribution >= 0.6 is 22.9 Å². The average molecular weight is 300 g/mol. The second-order valence-corrected chi connectivity index (χ2v) is 6.97. The summed E-state index contributed by atoms with van der Waals surface area (Å²) in [5, 5.41) is 3.14. The molecule has 0 aliphatic heterocycles. The molecule has 2 rings (SSSR count). The number of hydrogen-bond acceptors (Lipinski definition) is 2. The highest BCUT2D eigenvalue weighted by Crippen LogP contribution is 2.29. The maximum atomic E-state index is 13.4. The summed E-state index contributed by atoms with van der Waals surface area (Å²) in [6.45, 7) is 8.16. The zero-order valence-electron chi connectivity index (χ0n) is 11.5. The van der Waals surface area contributed by atoms with E-state index in [1.807, 2.05) is 6.07 Å². The van der Waals surface area contributed by atoms with E-state index in [1.54, 1.807) is 17.4 Å². The summed E-state index contributed by atoms with van der Waals surface area (Å²) in [4.78, 5) is 2.33. The van der Waals surface area contributed by atoms with Gasteiger partial charge in [0.25, 0.3) is 0 Å². The van der Waals surface area contributed by atoms with E-state index in [4.69, 9.17) is 11.6 Å². The van der Waals surface area contributed by atoms with Gasteiger partial charge in [-0.05, 0) is 55.3 Å². The van der Waals surface area contributed by atoms with Crippen molar-refractivity contribution in [2.24, 2.45) is 0 Å². The van der Waals surface area contributed by atoms with E-state index in [9.17, 15) is 4.39 Å². The highest BCUT2D eigenvalue weighted by atomic mass is 35.5. The topological polar surface area (TPSA) is 3.24 Å². The standard InChI is InChI=1S/C15H19ClFNS/c1-15(2,3)18(7-6-16)9-11-10-19-14-5-4-12(17)8-13(11)14/h4-5,8,10H,6-7,9H2,1-3H3. The summed E-state index contributed by atoms with van der Waals surface area (Å²) in [5.41, 5.74) is 1.23. The molecular formula is C15H19ClFNS. The highest BCUT2D eigenvalue weighted by molar-refractivity contribution is 7.17. The lowest BCUT2D eigenvalue weighted by Gasteiger charge is -2.35. The first-order chi connectivity index (χ1) is 8.91. The van der Waals surface area contributed by atoms with E-state index in [0.717, 1.165) is 23.2 Å². The number of fused-ring (bicyclic) bond motifs is 1. The number of halogens is 2. The van der Waals surface area contributed by atoms with Crippen molar-refractivity contribution in [2.45, 2.75) is 32.9 Å². The minimum atomic E-state index is -0.174. The van der Waals surface area contributed by atoms with Gasteiger partial charge in [-0.1, -0.05) is 0 Å². The van der Waals surface area contributed by atoms with Crippen molar-refractivity contribution < 1.29 is 4.39 Å². The van der Waals surface area contributed by atoms with E-state index >= 15 is 0 Å². The van der Waals surface area contributed by atoms with Crippen LogP contribution in [0.5, 0.6) is 0 Å². The van der Waals surface area contributed by atoms with Crippen LogP contribution in [0.4, 0.5) is 4.39 Å². The lowest BCUT2D eigenvalue weighted by molar-refractivity contribution is 0.138. The van der Waals surface area contributed by atoms with Crippen LogP contribution in [0.15, 0.2) is 23.6 Å². The molecule has 0 saturated carbocycles. The summed E-state index contributed by atoms with van der Waals surface area (Å²) in [7, 11) is 0. The molecule has 2 aromatic rings. The Balaban J connectivity index is 2.31. The third kappa shape index (κ3) is 3.47. The van der Waals surface area contributed by atoms with Crippen LogP contribution < -0.4 is 0 Å². The van der Waals surface area contributed by atoms with Gasteiger partial charge in [0, 0.05) is 29.2 Å². The van der Waals surface area contributed by atoms with E-state index < -0.39 is 0 Å². The molecule has 0 N–H and O–H groups in total. The number of alkyl halides is 1. The van der Waals surface area contributed by atoms with Gasteiger partial charge >= 0.3 is 0 Å². The first kappa shape index (κ1) is 14.8. The molecule has 0 amide bonds. The largest absolute Gasteiger partial charge is 0.293 e. The Morgan fingerprint density at radius 1 is 1.32 bits per heavy atom. The van der Waals surface area contributed by atoms with Crippen molar-refractivity contribution in [2.75, 3.05) is 12.4 Å². The lowest BCUT2D eigenvalue weighted by atomic mass is 10.0. The summed E-state index contributed by atoms with van der Waals surface area (Å²) >= 11 is 7.55. The predicted molar refractivity (Wildman–Crippen MR) is 82.7 cm³/mol. The number of thiophene rings is 1. The Morgan fingerprint density at radius 3 is 2.68 bits per heavy atom. The van der Waals surface area contributed by atoms with Crippen LogP contribution in [0, 0.1) is 5.82 Å². The first-order valence-electron chi connectivity index (χ1n) is 6.38. The van der Waals surface area contributed by atoms with E-state index in [2.05, 4.69) is 31.1 Å². The van der Waals surface area contributed by atoms with E-state index in [1.165, 1.54) is 11.6 Å². The van der Waals surface area contributed by atoms with E-state index in [-0.39, 0.29) is 11.4 Å². The molecule has 1 nitrogen and oxygen atoms in total. The van der Waals surface area contributed by atoms with Crippen LogP contribution in [0.3, 0.4) is 0 Å². The zero-order chi connectivity index (χ0) is 14.0. The molecule has 0 aliphatic carbocycles. The normalized spacial score (nSPS) is 12.5. The first-order valence-corrected chi connectivity index (χ1v) is 7.80. The van der Waals surface area contributed by atoms with Gasteiger partial charge in [0.15, 0.2) is 0 Å². The van der Waals surface area contributed by atoms with Crippen LogP contribution in [-0.4, -0.2) is 22.9 Å². The van der Waals surface area contributed by atoms with Crippen molar-refractivity contribution in [3.05, 3.63) is 35.0 Å². The van der Waals surface area contributed by atoms with E-state index in [0.29, 0.717) is 5.88 Å². The maximum Gasteiger partial charge on any atom is 0.123 e. The van der Waals surface area contributed by atoms with Crippen molar-refractivity contribution in [1.29, 1.82) is 0 Å². The van der Waals surface area contributed by atoms with Gasteiger partial charge in [0.2, 0.25) is 0 Å². The molecule has 19 heavy (non-hydrogen) atoms. The van der Waals surface area contributed by atoms with Gasteiger partial charge in [-0.2, -0.15) is 0 Å². The Kier molecular flexibility index (Phi) is 4.49. The molecule has 1 heterocycles. The molecule has 1 aromatic carbocycles. The Labute approximate surface area is 123 Å². The van der Waals surface area contributed by atoms with Gasteiger partial charge in [-0.25, -0.2) is 4.39 Å². The van der Waals surface area contributed by atoms with Crippen LogP contribution in [0.1, 0.15) is 26.3 Å². The summed E-state index contributed by atoms with van der Waals surface area (Å²) in [5.74, 6) is 0.431. The van der Waals surface area contributed by atoms with Crippen molar-refractivity contribution >= 4 is 33.0 Å². The second kappa shape index (κ2) is 5.78. The third-order valence-corrected chi connectivity index (χ3v) is 4.46. The molecule has 0 fully saturated rings. The molecule has 0 aliphatic rings. The fourth-order valence-corrected chi connectivity index (χ4v) is 3.27. The average Bonchev–Trinajstić information content (AvgIpc) is 2.70. The molecule has 0 radical (unpaired) electrons. The van der Waals surface area contributed by atoms with Gasteiger partial charge in [-0.15, -0.1) is 22.9 Å². The summed E-state index contributed by atoms with van der Waals surface area (Å²) in [6, 6.07) is 4.99. The lowest BCUT2D eigenvalue weighted by Crippen LogP contribution is -2.41. The molecule has 104 valence electrons. The van der Waals surface area contributed by atoms with Gasteiger partial charge in [0.1, 0.15) is 5.82 Å². The fraction of sp³-hybridized carbons (Fsp3) is 0.467. The third-order valence-electron chi connectivity index (χ3n) is 3.28. The Bertz CT molecular complexity index is 559. The quantitative estimate of drug-likeness (QED) is 0.727. The summed E-state index contributed by atoms with van der Waals surface area (Å²) < 4.78 is 14.5. The number of nitrogens with zero attached hydrogens (tertiary/aromatic N) is 1. The second-order valence-electron chi connectivity index (χ2n) is 5.68.